The number of phenols is 1. The number of aromatic hydroxyl groups is 1. The van der Waals surface area contributed by atoms with Crippen LogP contribution in [0, 0.1) is 0 Å². The molecule has 0 aliphatic heterocycles. The van der Waals surface area contributed by atoms with Crippen molar-refractivity contribution in [2.24, 2.45) is 0 Å². The molecule has 0 spiro atoms. The monoisotopic (exact) mass is 527 g/mol. The van der Waals surface area contributed by atoms with Crippen LogP contribution >= 0.6 is 11.6 Å². The molecule has 0 saturated carbocycles. The quantitative estimate of drug-likeness (QED) is 0.296. The Morgan fingerprint density at radius 3 is 2.37 bits per heavy atom. The van der Waals surface area contributed by atoms with Crippen LogP contribution in [0.2, 0.25) is 5.02 Å². The fraction of sp³-hybridized carbons (Fsp3) is 0.208. The average Bonchev–Trinajstić information content (AvgIpc) is 2.81. The van der Waals surface area contributed by atoms with Crippen molar-refractivity contribution >= 4 is 27.4 Å². The summed E-state index contributed by atoms with van der Waals surface area (Å²) in [6.07, 6.45) is -0.733. The van der Waals surface area contributed by atoms with Gasteiger partial charge in [0.1, 0.15) is 18.1 Å². The van der Waals surface area contributed by atoms with Crippen molar-refractivity contribution < 1.29 is 62.8 Å². The molecular weight excluding hydrogens is 505 g/mol. The molecule has 0 amide bonds. The van der Waals surface area contributed by atoms with Gasteiger partial charge in [0.2, 0.25) is 9.84 Å². The minimum Gasteiger partial charge on any atom is -0.545 e. The molecular formula is C24H23ClNNaO7S. The van der Waals surface area contributed by atoms with Gasteiger partial charge in [-0.05, 0) is 67.1 Å². The van der Waals surface area contributed by atoms with E-state index in [-0.39, 0.29) is 52.0 Å². The summed E-state index contributed by atoms with van der Waals surface area (Å²) in [5, 5.41) is 34.6. The minimum absolute atomic E-state index is 0. The number of hydrogen-bond donors (Lipinski definition) is 3. The Hall–Kier alpha value is -2.11. The summed E-state index contributed by atoms with van der Waals surface area (Å²) >= 11 is 5.94. The largest absolute Gasteiger partial charge is 1.00 e. The van der Waals surface area contributed by atoms with E-state index in [0.29, 0.717) is 22.9 Å². The number of halogens is 1. The van der Waals surface area contributed by atoms with Gasteiger partial charge in [-0.2, -0.15) is 0 Å². The molecule has 11 heteroatoms. The van der Waals surface area contributed by atoms with Gasteiger partial charge in [-0.25, -0.2) is 8.42 Å². The molecule has 0 bridgehead atoms. The van der Waals surface area contributed by atoms with Gasteiger partial charge in [0.05, 0.1) is 21.9 Å². The Kier molecular flexibility index (Phi) is 10.6. The summed E-state index contributed by atoms with van der Waals surface area (Å²) in [4.78, 5) is 10.7. The fourth-order valence-corrected chi connectivity index (χ4v) is 4.61. The Bertz CT molecular complexity index is 1270. The number of carboxylic acid groups (broad SMARTS) is 1. The zero-order valence-electron chi connectivity index (χ0n) is 19.1. The third kappa shape index (κ3) is 7.68. The first-order chi connectivity index (χ1) is 16.1. The van der Waals surface area contributed by atoms with Crippen molar-refractivity contribution in [3.63, 3.8) is 0 Å². The Morgan fingerprint density at radius 1 is 1.09 bits per heavy atom. The van der Waals surface area contributed by atoms with Crippen LogP contribution in [0.5, 0.6) is 11.5 Å². The number of nitrogens with one attached hydrogen (secondary N) is 1. The molecule has 0 unspecified atom stereocenters. The third-order valence-corrected chi connectivity index (χ3v) is 7.03. The molecule has 0 saturated heterocycles. The molecule has 0 radical (unpaired) electrons. The number of rotatable bonds is 10. The molecule has 3 aromatic rings. The number of carbonyl (C=O) groups is 1. The molecule has 0 heterocycles. The predicted molar refractivity (Wildman–Crippen MR) is 124 cm³/mol. The van der Waals surface area contributed by atoms with Crippen LogP contribution in [0.3, 0.4) is 0 Å². The van der Waals surface area contributed by atoms with Gasteiger partial charge in [-0.3, -0.25) is 0 Å². The van der Waals surface area contributed by atoms with E-state index < -0.39 is 33.2 Å². The van der Waals surface area contributed by atoms with E-state index in [0.717, 1.165) is 18.2 Å². The fourth-order valence-electron chi connectivity index (χ4n) is 3.12. The van der Waals surface area contributed by atoms with Gasteiger partial charge in [0, 0.05) is 23.2 Å². The van der Waals surface area contributed by atoms with Crippen LogP contribution in [0.25, 0.3) is 0 Å². The number of carboxylic acids is 1. The molecule has 3 rings (SSSR count). The maximum atomic E-state index is 12.8. The second-order valence-corrected chi connectivity index (χ2v) is 10.0. The number of sulfone groups is 1. The number of ether oxygens (including phenoxy) is 1. The third-order valence-electron chi connectivity index (χ3n) is 5.03. The number of aromatic carboxylic acids is 1. The van der Waals surface area contributed by atoms with Gasteiger partial charge in [-0.15, -0.1) is 0 Å². The normalized spacial score (nSPS) is 12.9. The second-order valence-electron chi connectivity index (χ2n) is 7.63. The van der Waals surface area contributed by atoms with Crippen molar-refractivity contribution in [1.82, 2.24) is 5.32 Å². The summed E-state index contributed by atoms with van der Waals surface area (Å²) in [5.74, 6) is -1.82. The first kappa shape index (κ1) is 29.1. The SMILES string of the molecule is C[C@H](COc1ccc(S(=O)(=O)c2ccc(O)c(C(=O)[O-])c2)cc1)NC[C@H](O)c1cccc(Cl)c1.[Na+]. The van der Waals surface area contributed by atoms with Gasteiger partial charge in [-0.1, -0.05) is 23.7 Å². The number of aliphatic hydroxyl groups excluding tert-OH is 1. The van der Waals surface area contributed by atoms with Crippen molar-refractivity contribution in [3.05, 3.63) is 82.9 Å². The van der Waals surface area contributed by atoms with E-state index in [1.807, 2.05) is 6.92 Å². The number of hydrogen-bond acceptors (Lipinski definition) is 8. The second kappa shape index (κ2) is 12.7. The smallest absolute Gasteiger partial charge is 0.545 e. The molecule has 35 heavy (non-hydrogen) atoms. The van der Waals surface area contributed by atoms with Crippen LogP contribution in [-0.4, -0.2) is 43.8 Å². The van der Waals surface area contributed by atoms with Gasteiger partial charge in [0.15, 0.2) is 0 Å². The molecule has 0 aliphatic rings. The standard InChI is InChI=1S/C24H24ClNO7S.Na/c1-15(26-13-23(28)16-3-2-4-17(25)11-16)14-33-18-5-7-19(8-6-18)34(31,32)20-9-10-22(27)21(12-20)24(29)30;/h2-12,15,23,26-28H,13-14H2,1H3,(H,29,30);/q;+1/p-1/t15-,23+;/m1./s1. The van der Waals surface area contributed by atoms with Crippen molar-refractivity contribution in [3.8, 4) is 11.5 Å². The maximum Gasteiger partial charge on any atom is 1.00 e. The van der Waals surface area contributed by atoms with Crippen LogP contribution < -0.4 is 44.7 Å². The Labute approximate surface area is 230 Å². The van der Waals surface area contributed by atoms with E-state index in [9.17, 15) is 28.5 Å². The molecule has 3 N–H and O–H groups in total. The number of benzene rings is 3. The summed E-state index contributed by atoms with van der Waals surface area (Å²) in [6.45, 7) is 2.44. The number of aliphatic hydroxyl groups is 1. The average molecular weight is 528 g/mol. The van der Waals surface area contributed by atoms with E-state index in [1.54, 1.807) is 24.3 Å². The van der Waals surface area contributed by atoms with Gasteiger partial charge in [0.25, 0.3) is 0 Å². The van der Waals surface area contributed by atoms with Gasteiger partial charge >= 0.3 is 29.6 Å². The summed E-state index contributed by atoms with van der Waals surface area (Å²) in [6, 6.07) is 15.5. The minimum atomic E-state index is -4.01. The molecule has 0 fully saturated rings. The van der Waals surface area contributed by atoms with Crippen LogP contribution in [0.15, 0.2) is 76.5 Å². The first-order valence-corrected chi connectivity index (χ1v) is 12.1. The van der Waals surface area contributed by atoms with Crippen molar-refractivity contribution in [2.75, 3.05) is 13.2 Å². The molecule has 3 aromatic carbocycles. The molecule has 2 atom stereocenters. The van der Waals surface area contributed by atoms with E-state index in [4.69, 9.17) is 16.3 Å². The van der Waals surface area contributed by atoms with Gasteiger partial charge < -0.3 is 30.2 Å². The molecule has 0 aromatic heterocycles. The first-order valence-electron chi connectivity index (χ1n) is 10.3. The Morgan fingerprint density at radius 2 is 1.74 bits per heavy atom. The van der Waals surface area contributed by atoms with E-state index in [2.05, 4.69) is 5.32 Å². The Balaban J connectivity index is 0.00000432. The van der Waals surface area contributed by atoms with E-state index >= 15 is 0 Å². The van der Waals surface area contributed by atoms with Crippen molar-refractivity contribution in [2.45, 2.75) is 28.9 Å². The zero-order chi connectivity index (χ0) is 24.9. The van der Waals surface area contributed by atoms with Crippen LogP contribution in [0.4, 0.5) is 0 Å². The molecule has 180 valence electrons. The predicted octanol–water partition coefficient (Wildman–Crippen LogP) is -0.664. The van der Waals surface area contributed by atoms with Crippen molar-refractivity contribution in [1.29, 1.82) is 0 Å². The maximum absolute atomic E-state index is 12.8. The zero-order valence-corrected chi connectivity index (χ0v) is 22.7. The summed E-state index contributed by atoms with van der Waals surface area (Å²) < 4.78 is 31.3. The van der Waals surface area contributed by atoms with Crippen LogP contribution in [0.1, 0.15) is 28.9 Å². The van der Waals surface area contributed by atoms with E-state index in [1.165, 1.54) is 24.3 Å². The number of carbonyl (C=O) groups excluding carboxylic acids is 1. The molecule has 0 aliphatic carbocycles. The summed E-state index contributed by atoms with van der Waals surface area (Å²) in [7, 11) is -4.01. The summed E-state index contributed by atoms with van der Waals surface area (Å²) in [5.41, 5.74) is 0.0910. The van der Waals surface area contributed by atoms with Crippen LogP contribution in [-0.2, 0) is 9.84 Å². The topological polar surface area (TPSA) is 136 Å². The molecule has 8 nitrogen and oxygen atoms in total.